The predicted molar refractivity (Wildman–Crippen MR) is 151 cm³/mol. The van der Waals surface area contributed by atoms with E-state index < -0.39 is 58.0 Å². The van der Waals surface area contributed by atoms with Crippen molar-refractivity contribution in [1.82, 2.24) is 9.80 Å². The summed E-state index contributed by atoms with van der Waals surface area (Å²) in [4.78, 5) is 43.1. The number of fused-ring (bicyclic) bond motifs is 3. The van der Waals surface area contributed by atoms with Gasteiger partial charge in [0.25, 0.3) is 5.91 Å². The Hall–Kier alpha value is -3.41. The maximum absolute atomic E-state index is 14.0. The van der Waals surface area contributed by atoms with E-state index in [4.69, 9.17) is 10.5 Å². The second-order valence-electron chi connectivity index (χ2n) is 12.0. The molecule has 11 nitrogen and oxygen atoms in total. The van der Waals surface area contributed by atoms with Crippen molar-refractivity contribution in [2.45, 2.75) is 64.8 Å². The molecule has 3 aliphatic carbocycles. The average Bonchev–Trinajstić information content (AvgIpc) is 2.88. The molecule has 4 rings (SSSR count). The number of ether oxygens (including phenoxy) is 1. The molecule has 0 aliphatic heterocycles. The molecule has 6 N–H and O–H groups in total. The van der Waals surface area contributed by atoms with Gasteiger partial charge in [-0.25, -0.2) is 0 Å². The molecule has 1 aromatic rings. The summed E-state index contributed by atoms with van der Waals surface area (Å²) in [5, 5.41) is 45.3. The zero-order valence-corrected chi connectivity index (χ0v) is 24.7. The monoisotopic (exact) mass is 571 g/mol. The molecule has 224 valence electrons. The predicted octanol–water partition coefficient (Wildman–Crippen LogP) is 1.84. The van der Waals surface area contributed by atoms with E-state index in [-0.39, 0.29) is 35.8 Å². The second kappa shape index (κ2) is 10.8. The minimum Gasteiger partial charge on any atom is -0.508 e. The zero-order valence-electron chi connectivity index (χ0n) is 24.7. The number of hydrogen-bond donors (Lipinski definition) is 5. The van der Waals surface area contributed by atoms with Crippen molar-refractivity contribution in [2.75, 3.05) is 27.7 Å². The normalized spacial score (nSPS) is 26.9. The number of aromatic hydroxyl groups is 1. The molecule has 0 spiro atoms. The number of methoxy groups -OCH3 is 1. The number of primary amides is 1. The van der Waals surface area contributed by atoms with Gasteiger partial charge in [0.2, 0.25) is 5.78 Å². The highest BCUT2D eigenvalue weighted by molar-refractivity contribution is 6.24. The van der Waals surface area contributed by atoms with Crippen LogP contribution in [-0.2, 0) is 27.3 Å². The Balaban J connectivity index is 1.90. The van der Waals surface area contributed by atoms with E-state index in [2.05, 4.69) is 32.6 Å². The van der Waals surface area contributed by atoms with E-state index in [0.717, 1.165) is 12.1 Å². The molecule has 41 heavy (non-hydrogen) atoms. The van der Waals surface area contributed by atoms with Crippen LogP contribution in [0.5, 0.6) is 11.5 Å². The Morgan fingerprint density at radius 1 is 1.20 bits per heavy atom. The van der Waals surface area contributed by atoms with Crippen LogP contribution in [0.2, 0.25) is 0 Å². The van der Waals surface area contributed by atoms with E-state index >= 15 is 0 Å². The standard InChI is InChI=1S/C30H41N3O8/c1-8-33(14(4)13(2)3)12-16-11-19(34)21-17(26(16)41-7)9-15-10-18-23(32(5)6)25(36)22(29(31)39)28(38)30(18,40)27(37)20(15)24(21)35/h11,13-15,18,23,34-35,38,40H,8-10,12H2,1-7H3,(H2,31,39)/t14-,15-,18-,23-,30-/m0/s1. The van der Waals surface area contributed by atoms with Gasteiger partial charge >= 0.3 is 0 Å². The Morgan fingerprint density at radius 2 is 1.83 bits per heavy atom. The van der Waals surface area contributed by atoms with Gasteiger partial charge in [0, 0.05) is 35.2 Å². The van der Waals surface area contributed by atoms with Crippen LogP contribution in [0.1, 0.15) is 50.8 Å². The molecule has 3 aliphatic rings. The second-order valence-corrected chi connectivity index (χ2v) is 12.0. The highest BCUT2D eigenvalue weighted by Gasteiger charge is 2.64. The van der Waals surface area contributed by atoms with E-state index in [1.807, 2.05) is 0 Å². The van der Waals surface area contributed by atoms with Crippen LogP contribution in [-0.4, -0.2) is 93.1 Å². The summed E-state index contributed by atoms with van der Waals surface area (Å²) in [7, 11) is 4.65. The summed E-state index contributed by atoms with van der Waals surface area (Å²) in [6, 6.07) is 0.623. The number of amides is 1. The third kappa shape index (κ3) is 4.50. The lowest BCUT2D eigenvalue weighted by molar-refractivity contribution is -0.153. The number of carbonyl (C=O) groups excluding carboxylic acids is 3. The Morgan fingerprint density at radius 3 is 2.34 bits per heavy atom. The van der Waals surface area contributed by atoms with Crippen LogP contribution in [0.3, 0.4) is 0 Å². The molecule has 11 heteroatoms. The van der Waals surface area contributed by atoms with Crippen LogP contribution >= 0.6 is 0 Å². The molecule has 1 fully saturated rings. The molecular formula is C30H41N3O8. The Kier molecular flexibility index (Phi) is 8.03. The number of likely N-dealkylation sites (N-methyl/N-ethyl adjacent to an activating group) is 1. The number of Topliss-reactive ketones (excluding diaryl/α,β-unsaturated/α-hetero) is 2. The number of carbonyl (C=O) groups is 3. The number of ketones is 2. The van der Waals surface area contributed by atoms with Crippen molar-refractivity contribution >= 4 is 23.2 Å². The fraction of sp³-hybridized carbons (Fsp3) is 0.567. The number of phenols is 1. The zero-order chi connectivity index (χ0) is 30.7. The summed E-state index contributed by atoms with van der Waals surface area (Å²) in [5.41, 5.74) is 2.93. The first-order valence-electron chi connectivity index (χ1n) is 13.9. The van der Waals surface area contributed by atoms with Gasteiger partial charge in [-0.3, -0.25) is 24.2 Å². The molecule has 0 unspecified atom stereocenters. The third-order valence-electron chi connectivity index (χ3n) is 9.27. The Bertz CT molecular complexity index is 1360. The topological polar surface area (TPSA) is 174 Å². The summed E-state index contributed by atoms with van der Waals surface area (Å²) in [6.45, 7) is 9.70. The lowest BCUT2D eigenvalue weighted by Gasteiger charge is -2.50. The van der Waals surface area contributed by atoms with Crippen LogP contribution < -0.4 is 10.5 Å². The number of nitrogens with zero attached hydrogens (tertiary/aromatic N) is 2. The smallest absolute Gasteiger partial charge is 0.255 e. The molecule has 0 aromatic heterocycles. The number of hydrogen-bond acceptors (Lipinski definition) is 10. The average molecular weight is 572 g/mol. The van der Waals surface area contributed by atoms with Gasteiger partial charge in [0.15, 0.2) is 11.4 Å². The first-order valence-corrected chi connectivity index (χ1v) is 13.9. The van der Waals surface area contributed by atoms with Crippen molar-refractivity contribution < 1.29 is 39.5 Å². The highest BCUT2D eigenvalue weighted by atomic mass is 16.5. The van der Waals surface area contributed by atoms with Gasteiger partial charge in [-0.15, -0.1) is 0 Å². The number of rotatable bonds is 8. The van der Waals surface area contributed by atoms with Gasteiger partial charge in [-0.05, 0) is 58.3 Å². The number of nitrogens with two attached hydrogens (primary N) is 1. The van der Waals surface area contributed by atoms with Crippen molar-refractivity contribution in [3.63, 3.8) is 0 Å². The number of aliphatic hydroxyl groups is 3. The van der Waals surface area contributed by atoms with Crippen molar-refractivity contribution in [2.24, 2.45) is 23.5 Å². The first-order chi connectivity index (χ1) is 19.1. The lowest BCUT2D eigenvalue weighted by atomic mass is 9.57. The molecule has 1 amide bonds. The molecule has 5 atom stereocenters. The largest absolute Gasteiger partial charge is 0.508 e. The van der Waals surface area contributed by atoms with E-state index in [1.165, 1.54) is 18.1 Å². The number of aliphatic hydroxyl groups excluding tert-OH is 2. The van der Waals surface area contributed by atoms with Crippen LogP contribution in [0, 0.1) is 17.8 Å². The quantitative estimate of drug-likeness (QED) is 0.290. The minimum atomic E-state index is -2.67. The lowest BCUT2D eigenvalue weighted by Crippen LogP contribution is -2.65. The van der Waals surface area contributed by atoms with Gasteiger partial charge in [-0.1, -0.05) is 20.8 Å². The molecule has 0 bridgehead atoms. The van der Waals surface area contributed by atoms with Gasteiger partial charge < -0.3 is 30.9 Å². The minimum absolute atomic E-state index is 0.0156. The first kappa shape index (κ1) is 30.5. The maximum atomic E-state index is 14.0. The van der Waals surface area contributed by atoms with Gasteiger partial charge in [0.05, 0.1) is 18.7 Å². The van der Waals surface area contributed by atoms with Crippen LogP contribution in [0.15, 0.2) is 23.0 Å². The van der Waals surface area contributed by atoms with E-state index in [9.17, 15) is 34.8 Å². The summed E-state index contributed by atoms with van der Waals surface area (Å²) in [6.07, 6.45) is 0.191. The van der Waals surface area contributed by atoms with Crippen molar-refractivity contribution in [3.8, 4) is 11.5 Å². The molecule has 1 aromatic carbocycles. The summed E-state index contributed by atoms with van der Waals surface area (Å²) in [5.74, 6) is -5.92. The fourth-order valence-corrected chi connectivity index (χ4v) is 6.91. The highest BCUT2D eigenvalue weighted by Crippen LogP contribution is 2.54. The SMILES string of the molecule is CCN(Cc1cc(O)c2c(c1OC)C[C@H]1C[C@H]3[C@H](N(C)C)C(=O)C(C(N)=O)=C(O)[C@@]3(O)C(=O)C1=C2O)[C@@H](C)C(C)C. The molecule has 0 heterocycles. The van der Waals surface area contributed by atoms with Crippen molar-refractivity contribution in [1.29, 1.82) is 0 Å². The molecular weight excluding hydrogens is 530 g/mol. The maximum Gasteiger partial charge on any atom is 0.255 e. The van der Waals surface area contributed by atoms with Gasteiger partial charge in [-0.2, -0.15) is 0 Å². The van der Waals surface area contributed by atoms with E-state index in [1.54, 1.807) is 14.1 Å². The number of benzene rings is 1. The molecule has 1 saturated carbocycles. The molecule has 0 saturated heterocycles. The summed E-state index contributed by atoms with van der Waals surface area (Å²) < 4.78 is 5.83. The van der Waals surface area contributed by atoms with E-state index in [0.29, 0.717) is 23.8 Å². The Labute approximate surface area is 239 Å². The fourth-order valence-electron chi connectivity index (χ4n) is 6.91. The third-order valence-corrected chi connectivity index (χ3v) is 9.27. The molecule has 0 radical (unpaired) electrons. The van der Waals surface area contributed by atoms with Gasteiger partial charge in [0.1, 0.15) is 28.6 Å². The van der Waals surface area contributed by atoms with Crippen LogP contribution in [0.25, 0.3) is 5.76 Å². The summed E-state index contributed by atoms with van der Waals surface area (Å²) >= 11 is 0. The number of phenolic OH excluding ortho intramolecular Hbond substituents is 1. The van der Waals surface area contributed by atoms with Crippen molar-refractivity contribution in [3.05, 3.63) is 39.7 Å². The van der Waals surface area contributed by atoms with Crippen LogP contribution in [0.4, 0.5) is 0 Å².